The van der Waals surface area contributed by atoms with Crippen LogP contribution < -0.4 is 11.1 Å². The second kappa shape index (κ2) is 11.0. The molecule has 5 rings (SSSR count). The van der Waals surface area contributed by atoms with E-state index in [1.807, 2.05) is 40.8 Å². The van der Waals surface area contributed by atoms with Gasteiger partial charge in [-0.3, -0.25) is 9.59 Å². The number of nitrogen functional groups attached to an aromatic ring is 1. The van der Waals surface area contributed by atoms with Crippen molar-refractivity contribution >= 4 is 39.9 Å². The first-order chi connectivity index (χ1) is 18.8. The summed E-state index contributed by atoms with van der Waals surface area (Å²) in [6.07, 6.45) is 7.92. The van der Waals surface area contributed by atoms with Crippen molar-refractivity contribution < 1.29 is 14.3 Å². The van der Waals surface area contributed by atoms with Gasteiger partial charge in [-0.1, -0.05) is 24.8 Å². The van der Waals surface area contributed by atoms with Crippen molar-refractivity contribution in [3.63, 3.8) is 0 Å². The van der Waals surface area contributed by atoms with E-state index in [-0.39, 0.29) is 23.8 Å². The standard InChI is InChI=1S/C30H36N6O3/c1-18(2)29(37)34-22-13-11-20(12-14-22)26-24(25-27(31)32-17-33-28(25)35(26)3)19-7-9-21(10-8-19)30(38)36-15-5-6-23(36)16-39-4/h7,11-14,17,21,23H,1,5-6,8-10,15-16H2,2-4H3,(H,34,37)(H2,31,32,33)/t21-,23-/m0/s1. The van der Waals surface area contributed by atoms with Crippen molar-refractivity contribution in [3.8, 4) is 11.3 Å². The molecule has 0 bridgehead atoms. The molecule has 0 spiro atoms. The quantitative estimate of drug-likeness (QED) is 0.435. The van der Waals surface area contributed by atoms with Crippen LogP contribution in [0.2, 0.25) is 0 Å². The van der Waals surface area contributed by atoms with Gasteiger partial charge in [0.1, 0.15) is 17.8 Å². The number of carbonyl (C=O) groups is 2. The average molecular weight is 529 g/mol. The average Bonchev–Trinajstić information content (AvgIpc) is 3.52. The van der Waals surface area contributed by atoms with Gasteiger partial charge in [-0.05, 0) is 62.3 Å². The van der Waals surface area contributed by atoms with Crippen LogP contribution in [0, 0.1) is 5.92 Å². The molecule has 204 valence electrons. The molecule has 0 unspecified atom stereocenters. The predicted octanol–water partition coefficient (Wildman–Crippen LogP) is 4.55. The lowest BCUT2D eigenvalue weighted by Gasteiger charge is -2.30. The normalized spacial score (nSPS) is 19.3. The molecule has 0 radical (unpaired) electrons. The highest BCUT2D eigenvalue weighted by Gasteiger charge is 2.34. The number of nitrogens with two attached hydrogens (primary N) is 1. The Morgan fingerprint density at radius 1 is 1.21 bits per heavy atom. The number of ether oxygens (including phenoxy) is 1. The first kappa shape index (κ1) is 26.6. The summed E-state index contributed by atoms with van der Waals surface area (Å²) in [5, 5.41) is 3.68. The van der Waals surface area contributed by atoms with Crippen LogP contribution in [-0.4, -0.2) is 57.6 Å². The summed E-state index contributed by atoms with van der Waals surface area (Å²) in [5.74, 6) is 0.420. The number of amides is 2. The summed E-state index contributed by atoms with van der Waals surface area (Å²) < 4.78 is 7.40. The summed E-state index contributed by atoms with van der Waals surface area (Å²) in [4.78, 5) is 36.3. The van der Waals surface area contributed by atoms with Crippen molar-refractivity contribution in [1.82, 2.24) is 19.4 Å². The number of aryl methyl sites for hydroxylation is 1. The molecule has 1 aromatic carbocycles. The highest BCUT2D eigenvalue weighted by Crippen LogP contribution is 2.43. The third kappa shape index (κ3) is 5.06. The molecule has 1 aliphatic heterocycles. The van der Waals surface area contributed by atoms with E-state index in [1.54, 1.807) is 14.0 Å². The maximum absolute atomic E-state index is 13.4. The van der Waals surface area contributed by atoms with Gasteiger partial charge in [0.25, 0.3) is 5.91 Å². The van der Waals surface area contributed by atoms with Crippen LogP contribution in [0.5, 0.6) is 0 Å². The van der Waals surface area contributed by atoms with E-state index in [2.05, 4.69) is 27.9 Å². The number of likely N-dealkylation sites (tertiary alicyclic amines) is 1. The van der Waals surface area contributed by atoms with E-state index in [0.717, 1.165) is 65.7 Å². The Balaban J connectivity index is 1.48. The fraction of sp³-hybridized carbons (Fsp3) is 0.400. The Labute approximate surface area is 228 Å². The molecule has 3 N–H and O–H groups in total. The van der Waals surface area contributed by atoms with Gasteiger partial charge in [0.2, 0.25) is 5.91 Å². The molecule has 2 aliphatic rings. The summed E-state index contributed by atoms with van der Waals surface area (Å²) in [5.41, 5.74) is 12.4. The second-order valence-corrected chi connectivity index (χ2v) is 10.5. The molecule has 9 heteroatoms. The van der Waals surface area contributed by atoms with E-state index in [1.165, 1.54) is 6.33 Å². The zero-order chi connectivity index (χ0) is 27.7. The number of methoxy groups -OCH3 is 1. The van der Waals surface area contributed by atoms with Crippen LogP contribution in [0.25, 0.3) is 27.9 Å². The van der Waals surface area contributed by atoms with Crippen LogP contribution in [0.1, 0.15) is 44.6 Å². The Morgan fingerprint density at radius 3 is 2.64 bits per heavy atom. The lowest BCUT2D eigenvalue weighted by molar-refractivity contribution is -0.137. The van der Waals surface area contributed by atoms with Gasteiger partial charge >= 0.3 is 0 Å². The minimum absolute atomic E-state index is 0.0329. The van der Waals surface area contributed by atoms with Crippen molar-refractivity contribution in [1.29, 1.82) is 0 Å². The minimum atomic E-state index is -0.213. The van der Waals surface area contributed by atoms with Gasteiger partial charge in [0, 0.05) is 43.4 Å². The van der Waals surface area contributed by atoms with Crippen molar-refractivity contribution in [3.05, 3.63) is 54.4 Å². The zero-order valence-corrected chi connectivity index (χ0v) is 22.9. The second-order valence-electron chi connectivity index (χ2n) is 10.5. The third-order valence-corrected chi connectivity index (χ3v) is 7.90. The summed E-state index contributed by atoms with van der Waals surface area (Å²) in [6.45, 7) is 6.78. The highest BCUT2D eigenvalue weighted by molar-refractivity contribution is 6.05. The number of benzene rings is 1. The molecule has 1 saturated heterocycles. The number of aromatic nitrogens is 3. The summed E-state index contributed by atoms with van der Waals surface area (Å²) in [6, 6.07) is 7.90. The number of rotatable bonds is 7. The lowest BCUT2D eigenvalue weighted by Crippen LogP contribution is -2.42. The van der Waals surface area contributed by atoms with Gasteiger partial charge in [0.15, 0.2) is 0 Å². The van der Waals surface area contributed by atoms with E-state index in [0.29, 0.717) is 30.1 Å². The summed E-state index contributed by atoms with van der Waals surface area (Å²) >= 11 is 0. The van der Waals surface area contributed by atoms with Crippen LogP contribution in [0.4, 0.5) is 11.5 Å². The van der Waals surface area contributed by atoms with Crippen molar-refractivity contribution in [2.45, 2.75) is 45.1 Å². The first-order valence-corrected chi connectivity index (χ1v) is 13.4. The smallest absolute Gasteiger partial charge is 0.250 e. The van der Waals surface area contributed by atoms with E-state index < -0.39 is 0 Å². The van der Waals surface area contributed by atoms with Gasteiger partial charge in [-0.15, -0.1) is 0 Å². The maximum Gasteiger partial charge on any atom is 0.250 e. The number of nitrogens with zero attached hydrogens (tertiary/aromatic N) is 4. The SMILES string of the molecule is C=C(C)C(=O)Nc1ccc(-c2c(C3=CC[C@H](C(=O)N4CCC[C@H]4COC)CC3)c3c(N)ncnc3n2C)cc1. The summed E-state index contributed by atoms with van der Waals surface area (Å²) in [7, 11) is 3.67. The minimum Gasteiger partial charge on any atom is -0.383 e. The Hall–Kier alpha value is -3.98. The highest BCUT2D eigenvalue weighted by atomic mass is 16.5. The fourth-order valence-corrected chi connectivity index (χ4v) is 5.89. The molecule has 3 heterocycles. The third-order valence-electron chi connectivity index (χ3n) is 7.90. The molecule has 2 atom stereocenters. The van der Waals surface area contributed by atoms with Crippen LogP contribution in [0.15, 0.2) is 48.8 Å². The molecule has 2 amide bonds. The number of hydrogen-bond donors (Lipinski definition) is 2. The number of fused-ring (bicyclic) bond motifs is 1. The number of hydrogen-bond acceptors (Lipinski definition) is 6. The molecule has 2 aromatic heterocycles. The zero-order valence-electron chi connectivity index (χ0n) is 22.9. The predicted molar refractivity (Wildman–Crippen MR) is 154 cm³/mol. The Kier molecular flexibility index (Phi) is 7.52. The molecule has 1 fully saturated rings. The molecule has 39 heavy (non-hydrogen) atoms. The first-order valence-electron chi connectivity index (χ1n) is 13.4. The molecule has 3 aromatic rings. The monoisotopic (exact) mass is 528 g/mol. The van der Waals surface area contributed by atoms with Crippen molar-refractivity contribution in [2.24, 2.45) is 13.0 Å². The van der Waals surface area contributed by atoms with Crippen LogP contribution in [0.3, 0.4) is 0 Å². The van der Waals surface area contributed by atoms with Gasteiger partial charge in [-0.25, -0.2) is 9.97 Å². The van der Waals surface area contributed by atoms with Crippen LogP contribution in [-0.2, 0) is 21.4 Å². The van der Waals surface area contributed by atoms with E-state index in [9.17, 15) is 9.59 Å². The van der Waals surface area contributed by atoms with E-state index in [4.69, 9.17) is 10.5 Å². The van der Waals surface area contributed by atoms with Gasteiger partial charge in [0.05, 0.1) is 23.7 Å². The molecular formula is C30H36N6O3. The number of allylic oxidation sites excluding steroid dienone is 2. The Morgan fingerprint density at radius 2 is 1.97 bits per heavy atom. The Bertz CT molecular complexity index is 1460. The van der Waals surface area contributed by atoms with E-state index >= 15 is 0 Å². The molecule has 0 saturated carbocycles. The number of anilines is 2. The largest absolute Gasteiger partial charge is 0.383 e. The molecule has 1 aliphatic carbocycles. The maximum atomic E-state index is 13.4. The fourth-order valence-electron chi connectivity index (χ4n) is 5.89. The molecular weight excluding hydrogens is 492 g/mol. The lowest BCUT2D eigenvalue weighted by atomic mass is 9.84. The van der Waals surface area contributed by atoms with Gasteiger partial charge < -0.3 is 25.3 Å². The molecule has 9 nitrogen and oxygen atoms in total. The topological polar surface area (TPSA) is 115 Å². The number of nitrogens with one attached hydrogen (secondary N) is 1. The van der Waals surface area contributed by atoms with Crippen molar-refractivity contribution in [2.75, 3.05) is 31.3 Å². The number of carbonyl (C=O) groups excluding carboxylic acids is 2. The van der Waals surface area contributed by atoms with Gasteiger partial charge in [-0.2, -0.15) is 0 Å². The van der Waals surface area contributed by atoms with Crippen LogP contribution >= 0.6 is 0 Å².